The van der Waals surface area contributed by atoms with Gasteiger partial charge in [0, 0.05) is 17.8 Å². The molecule has 0 spiro atoms. The zero-order chi connectivity index (χ0) is 11.5. The number of hydrogen-bond acceptors (Lipinski definition) is 5. The smallest absolute Gasteiger partial charge is 0.271 e. The van der Waals surface area contributed by atoms with Crippen molar-refractivity contribution in [2.45, 2.75) is 13.0 Å². The molecular formula is C9H11N5OS. The Labute approximate surface area is 95.9 Å². The fourth-order valence-corrected chi connectivity index (χ4v) is 1.79. The number of aromatic nitrogens is 3. The van der Waals surface area contributed by atoms with Gasteiger partial charge in [-0.2, -0.15) is 0 Å². The number of aromatic amines is 1. The number of rotatable bonds is 3. The van der Waals surface area contributed by atoms with Crippen molar-refractivity contribution in [3.8, 4) is 0 Å². The molecule has 0 aliphatic heterocycles. The molecule has 0 aliphatic carbocycles. The Bertz CT molecular complexity index is 478. The molecule has 0 fully saturated rings. The van der Waals surface area contributed by atoms with Gasteiger partial charge in [-0.25, -0.2) is 9.97 Å². The van der Waals surface area contributed by atoms with Crippen molar-refractivity contribution in [1.82, 2.24) is 20.3 Å². The SMILES string of the molecule is CC(NC(=O)c1csc(N)n1)c1ncc[nH]1. The van der Waals surface area contributed by atoms with E-state index in [0.717, 1.165) is 0 Å². The molecule has 6 nitrogen and oxygen atoms in total. The third kappa shape index (κ3) is 2.19. The summed E-state index contributed by atoms with van der Waals surface area (Å²) < 4.78 is 0. The van der Waals surface area contributed by atoms with Crippen LogP contribution in [0.5, 0.6) is 0 Å². The first-order valence-electron chi connectivity index (χ1n) is 4.68. The number of carbonyl (C=O) groups excluding carboxylic acids is 1. The van der Waals surface area contributed by atoms with Gasteiger partial charge in [-0.15, -0.1) is 11.3 Å². The fraction of sp³-hybridized carbons (Fsp3) is 0.222. The summed E-state index contributed by atoms with van der Waals surface area (Å²) in [6.45, 7) is 1.84. The van der Waals surface area contributed by atoms with E-state index < -0.39 is 0 Å². The van der Waals surface area contributed by atoms with Crippen LogP contribution in [0.25, 0.3) is 0 Å². The lowest BCUT2D eigenvalue weighted by molar-refractivity contribution is 0.0934. The summed E-state index contributed by atoms with van der Waals surface area (Å²) in [7, 11) is 0. The first-order chi connectivity index (χ1) is 7.66. The van der Waals surface area contributed by atoms with Crippen LogP contribution in [-0.4, -0.2) is 20.9 Å². The third-order valence-corrected chi connectivity index (χ3v) is 2.71. The number of hydrogen-bond donors (Lipinski definition) is 3. The van der Waals surface area contributed by atoms with E-state index in [1.165, 1.54) is 11.3 Å². The molecule has 2 heterocycles. The Balaban J connectivity index is 2.03. The zero-order valence-corrected chi connectivity index (χ0v) is 9.41. The monoisotopic (exact) mass is 237 g/mol. The minimum absolute atomic E-state index is 0.189. The Morgan fingerprint density at radius 2 is 2.50 bits per heavy atom. The lowest BCUT2D eigenvalue weighted by Crippen LogP contribution is -2.27. The van der Waals surface area contributed by atoms with Crippen LogP contribution in [0.4, 0.5) is 5.13 Å². The highest BCUT2D eigenvalue weighted by atomic mass is 32.1. The number of anilines is 1. The molecule has 2 rings (SSSR count). The Kier molecular flexibility index (Phi) is 2.86. The molecule has 2 aromatic rings. The normalized spacial score (nSPS) is 12.3. The van der Waals surface area contributed by atoms with E-state index in [-0.39, 0.29) is 11.9 Å². The van der Waals surface area contributed by atoms with E-state index in [2.05, 4.69) is 20.3 Å². The molecule has 1 atom stereocenters. The second-order valence-electron chi connectivity index (χ2n) is 3.24. The molecule has 0 saturated carbocycles. The van der Waals surface area contributed by atoms with E-state index >= 15 is 0 Å². The van der Waals surface area contributed by atoms with Crippen LogP contribution in [0.2, 0.25) is 0 Å². The largest absolute Gasteiger partial charge is 0.375 e. The fourth-order valence-electron chi connectivity index (χ4n) is 1.25. The standard InChI is InChI=1S/C9H11N5OS/c1-5(7-11-2-3-12-7)13-8(15)6-4-16-9(10)14-6/h2-5H,1H3,(H2,10,14)(H,11,12)(H,13,15). The summed E-state index contributed by atoms with van der Waals surface area (Å²) in [4.78, 5) is 22.6. The maximum absolute atomic E-state index is 11.7. The van der Waals surface area contributed by atoms with Crippen LogP contribution in [0.15, 0.2) is 17.8 Å². The van der Waals surface area contributed by atoms with Crippen molar-refractivity contribution in [2.24, 2.45) is 0 Å². The minimum atomic E-state index is -0.253. The van der Waals surface area contributed by atoms with Crippen LogP contribution in [0, 0.1) is 0 Å². The second-order valence-corrected chi connectivity index (χ2v) is 4.13. The first-order valence-corrected chi connectivity index (χ1v) is 5.56. The number of carbonyl (C=O) groups is 1. The van der Waals surface area contributed by atoms with Crippen LogP contribution >= 0.6 is 11.3 Å². The van der Waals surface area contributed by atoms with Crippen LogP contribution in [0.1, 0.15) is 29.3 Å². The number of nitrogens with two attached hydrogens (primary N) is 1. The van der Waals surface area contributed by atoms with Crippen molar-refractivity contribution < 1.29 is 4.79 Å². The van der Waals surface area contributed by atoms with Crippen LogP contribution in [-0.2, 0) is 0 Å². The Hall–Kier alpha value is -1.89. The zero-order valence-electron chi connectivity index (χ0n) is 8.60. The number of nitrogen functional groups attached to an aromatic ring is 1. The predicted molar refractivity (Wildman–Crippen MR) is 61.0 cm³/mol. The molecule has 1 amide bonds. The van der Waals surface area contributed by atoms with Gasteiger partial charge in [-0.05, 0) is 6.92 Å². The molecule has 0 aliphatic rings. The quantitative estimate of drug-likeness (QED) is 0.740. The molecular weight excluding hydrogens is 226 g/mol. The maximum atomic E-state index is 11.7. The molecule has 1 unspecified atom stereocenters. The first kappa shape index (κ1) is 10.6. The van der Waals surface area contributed by atoms with Gasteiger partial charge < -0.3 is 16.0 Å². The van der Waals surface area contributed by atoms with E-state index in [9.17, 15) is 4.79 Å². The average molecular weight is 237 g/mol. The minimum Gasteiger partial charge on any atom is -0.375 e. The van der Waals surface area contributed by atoms with Gasteiger partial charge >= 0.3 is 0 Å². The maximum Gasteiger partial charge on any atom is 0.271 e. The van der Waals surface area contributed by atoms with Crippen molar-refractivity contribution in [3.63, 3.8) is 0 Å². The third-order valence-electron chi connectivity index (χ3n) is 2.03. The highest BCUT2D eigenvalue weighted by Crippen LogP contribution is 2.12. The highest BCUT2D eigenvalue weighted by molar-refractivity contribution is 7.13. The average Bonchev–Trinajstić information content (AvgIpc) is 2.87. The lowest BCUT2D eigenvalue weighted by Gasteiger charge is -2.09. The van der Waals surface area contributed by atoms with Gasteiger partial charge in [0.05, 0.1) is 6.04 Å². The van der Waals surface area contributed by atoms with Crippen molar-refractivity contribution in [2.75, 3.05) is 5.73 Å². The summed E-state index contributed by atoms with van der Waals surface area (Å²) in [5.74, 6) is 0.452. The van der Waals surface area contributed by atoms with Gasteiger partial charge in [0.15, 0.2) is 5.13 Å². The summed E-state index contributed by atoms with van der Waals surface area (Å²) in [6.07, 6.45) is 3.34. The lowest BCUT2D eigenvalue weighted by atomic mass is 10.3. The summed E-state index contributed by atoms with van der Waals surface area (Å²) in [5.41, 5.74) is 5.78. The molecule has 0 radical (unpaired) electrons. The van der Waals surface area contributed by atoms with Crippen molar-refractivity contribution >= 4 is 22.4 Å². The van der Waals surface area contributed by atoms with E-state index in [0.29, 0.717) is 16.6 Å². The summed E-state index contributed by atoms with van der Waals surface area (Å²) in [6, 6.07) is -0.189. The van der Waals surface area contributed by atoms with Crippen molar-refractivity contribution in [1.29, 1.82) is 0 Å². The number of thiazole rings is 1. The number of H-pyrrole nitrogens is 1. The van der Waals surface area contributed by atoms with E-state index in [1.807, 2.05) is 6.92 Å². The van der Waals surface area contributed by atoms with E-state index in [1.54, 1.807) is 17.8 Å². The number of nitrogens with one attached hydrogen (secondary N) is 2. The molecule has 84 valence electrons. The van der Waals surface area contributed by atoms with Gasteiger partial charge in [0.1, 0.15) is 11.5 Å². The number of imidazole rings is 1. The molecule has 7 heteroatoms. The molecule has 0 aromatic carbocycles. The number of nitrogens with zero attached hydrogens (tertiary/aromatic N) is 2. The Morgan fingerprint density at radius 3 is 3.06 bits per heavy atom. The van der Waals surface area contributed by atoms with Crippen molar-refractivity contribution in [3.05, 3.63) is 29.3 Å². The molecule has 0 saturated heterocycles. The van der Waals surface area contributed by atoms with Gasteiger partial charge in [-0.3, -0.25) is 4.79 Å². The van der Waals surface area contributed by atoms with E-state index in [4.69, 9.17) is 5.73 Å². The molecule has 2 aromatic heterocycles. The van der Waals surface area contributed by atoms with Crippen LogP contribution in [0.3, 0.4) is 0 Å². The number of amides is 1. The highest BCUT2D eigenvalue weighted by Gasteiger charge is 2.14. The predicted octanol–water partition coefficient (Wildman–Crippen LogP) is 0.939. The Morgan fingerprint density at radius 1 is 1.69 bits per heavy atom. The molecule has 4 N–H and O–H groups in total. The van der Waals surface area contributed by atoms with Gasteiger partial charge in [0.25, 0.3) is 5.91 Å². The summed E-state index contributed by atoms with van der Waals surface area (Å²) >= 11 is 1.24. The van der Waals surface area contributed by atoms with Gasteiger partial charge in [-0.1, -0.05) is 0 Å². The van der Waals surface area contributed by atoms with Crippen LogP contribution < -0.4 is 11.1 Å². The summed E-state index contributed by atoms with van der Waals surface area (Å²) in [5, 5.41) is 4.78. The topological polar surface area (TPSA) is 96.7 Å². The molecule has 0 bridgehead atoms. The second kappa shape index (κ2) is 4.31. The van der Waals surface area contributed by atoms with Gasteiger partial charge in [0.2, 0.25) is 0 Å². The molecule has 16 heavy (non-hydrogen) atoms.